The number of aryl methyl sites for hydroxylation is 1. The van der Waals surface area contributed by atoms with Gasteiger partial charge in [-0.2, -0.15) is 0 Å². The van der Waals surface area contributed by atoms with E-state index in [0.29, 0.717) is 11.3 Å². The topological polar surface area (TPSA) is 58.2 Å². The van der Waals surface area contributed by atoms with Crippen LogP contribution in [0.15, 0.2) is 76.6 Å². The molecular formula is C22H20N2O2S2. The number of thioether (sulfide) groups is 1. The molecule has 0 saturated carbocycles. The molecular weight excluding hydrogens is 388 g/mol. The Labute approximate surface area is 172 Å². The summed E-state index contributed by atoms with van der Waals surface area (Å²) in [7, 11) is 0. The van der Waals surface area contributed by atoms with Crippen LogP contribution in [-0.2, 0) is 4.79 Å². The molecule has 6 heteroatoms. The molecule has 0 fully saturated rings. The van der Waals surface area contributed by atoms with E-state index in [1.807, 2.05) is 67.1 Å². The molecule has 1 heterocycles. The van der Waals surface area contributed by atoms with Crippen LogP contribution in [0.25, 0.3) is 6.08 Å². The molecule has 0 aliphatic heterocycles. The van der Waals surface area contributed by atoms with Crippen LogP contribution < -0.4 is 10.6 Å². The van der Waals surface area contributed by atoms with Crippen molar-refractivity contribution in [3.8, 4) is 0 Å². The van der Waals surface area contributed by atoms with Gasteiger partial charge in [0.15, 0.2) is 0 Å². The van der Waals surface area contributed by atoms with E-state index in [1.54, 1.807) is 30.0 Å². The van der Waals surface area contributed by atoms with Crippen LogP contribution in [0.4, 0.5) is 5.69 Å². The number of hydrogen-bond acceptors (Lipinski definition) is 4. The zero-order chi connectivity index (χ0) is 19.9. The van der Waals surface area contributed by atoms with E-state index in [1.165, 1.54) is 11.3 Å². The second-order valence-corrected chi connectivity index (χ2v) is 7.89. The van der Waals surface area contributed by atoms with Crippen molar-refractivity contribution in [2.24, 2.45) is 0 Å². The number of hydrogen-bond donors (Lipinski definition) is 2. The second-order valence-electron chi connectivity index (χ2n) is 6.03. The number of carbonyl (C=O) groups is 2. The van der Waals surface area contributed by atoms with Crippen LogP contribution in [0.5, 0.6) is 0 Å². The zero-order valence-electron chi connectivity index (χ0n) is 15.6. The monoisotopic (exact) mass is 408 g/mol. The summed E-state index contributed by atoms with van der Waals surface area (Å²) in [6.45, 7) is 1.87. The molecule has 2 amide bonds. The average Bonchev–Trinajstić information content (AvgIpc) is 3.21. The Kier molecular flexibility index (Phi) is 6.68. The summed E-state index contributed by atoms with van der Waals surface area (Å²) in [5, 5.41) is 7.57. The Morgan fingerprint density at radius 3 is 2.57 bits per heavy atom. The predicted molar refractivity (Wildman–Crippen MR) is 118 cm³/mol. The number of thiophene rings is 1. The van der Waals surface area contributed by atoms with Gasteiger partial charge in [0.1, 0.15) is 5.70 Å². The van der Waals surface area contributed by atoms with Gasteiger partial charge in [-0.25, -0.2) is 0 Å². The van der Waals surface area contributed by atoms with Crippen molar-refractivity contribution in [2.45, 2.75) is 11.8 Å². The van der Waals surface area contributed by atoms with Crippen LogP contribution >= 0.6 is 23.1 Å². The van der Waals surface area contributed by atoms with Gasteiger partial charge in [-0.3, -0.25) is 9.59 Å². The fourth-order valence-corrected chi connectivity index (χ4v) is 3.71. The fourth-order valence-electron chi connectivity index (χ4n) is 2.59. The van der Waals surface area contributed by atoms with Crippen molar-refractivity contribution in [1.82, 2.24) is 5.32 Å². The minimum absolute atomic E-state index is 0.199. The normalized spacial score (nSPS) is 11.1. The minimum Gasteiger partial charge on any atom is -0.321 e. The van der Waals surface area contributed by atoms with Crippen molar-refractivity contribution >= 4 is 46.7 Å². The van der Waals surface area contributed by atoms with Gasteiger partial charge in [-0.15, -0.1) is 23.1 Å². The number of rotatable bonds is 6. The van der Waals surface area contributed by atoms with E-state index in [4.69, 9.17) is 0 Å². The van der Waals surface area contributed by atoms with Gasteiger partial charge in [0.05, 0.1) is 0 Å². The first-order valence-corrected chi connectivity index (χ1v) is 10.7. The molecule has 0 atom stereocenters. The highest BCUT2D eigenvalue weighted by molar-refractivity contribution is 7.98. The quantitative estimate of drug-likeness (QED) is 0.436. The van der Waals surface area contributed by atoms with Gasteiger partial charge in [0.25, 0.3) is 11.8 Å². The first-order valence-electron chi connectivity index (χ1n) is 8.64. The van der Waals surface area contributed by atoms with Crippen molar-refractivity contribution in [1.29, 1.82) is 0 Å². The van der Waals surface area contributed by atoms with Crippen LogP contribution in [0.1, 0.15) is 20.8 Å². The molecule has 0 aliphatic rings. The van der Waals surface area contributed by atoms with Crippen molar-refractivity contribution in [3.63, 3.8) is 0 Å². The largest absolute Gasteiger partial charge is 0.321 e. The third-order valence-electron chi connectivity index (χ3n) is 4.04. The van der Waals surface area contributed by atoms with Gasteiger partial charge in [-0.1, -0.05) is 30.3 Å². The SMILES string of the molecule is CSc1cccc(NC(=O)/C(=C/c2cccs2)NC(=O)c2ccccc2C)c1. The van der Waals surface area contributed by atoms with E-state index >= 15 is 0 Å². The summed E-state index contributed by atoms with van der Waals surface area (Å²) in [4.78, 5) is 27.6. The molecule has 2 aromatic carbocycles. The molecule has 142 valence electrons. The molecule has 3 aromatic rings. The van der Waals surface area contributed by atoms with E-state index < -0.39 is 0 Å². The van der Waals surface area contributed by atoms with Crippen molar-refractivity contribution in [3.05, 3.63) is 87.7 Å². The summed E-state index contributed by atoms with van der Waals surface area (Å²) >= 11 is 3.09. The highest BCUT2D eigenvalue weighted by atomic mass is 32.2. The molecule has 0 unspecified atom stereocenters. The summed E-state index contributed by atoms with van der Waals surface area (Å²) in [6.07, 6.45) is 3.67. The Morgan fingerprint density at radius 2 is 1.86 bits per heavy atom. The first-order chi connectivity index (χ1) is 13.6. The molecule has 28 heavy (non-hydrogen) atoms. The number of anilines is 1. The molecule has 4 nitrogen and oxygen atoms in total. The summed E-state index contributed by atoms with van der Waals surface area (Å²) in [5.41, 5.74) is 2.27. The molecule has 0 spiro atoms. The minimum atomic E-state index is -0.367. The van der Waals surface area contributed by atoms with Crippen LogP contribution in [0, 0.1) is 6.92 Å². The van der Waals surface area contributed by atoms with Gasteiger partial charge in [0.2, 0.25) is 0 Å². The Hall–Kier alpha value is -2.83. The van der Waals surface area contributed by atoms with Gasteiger partial charge >= 0.3 is 0 Å². The fraction of sp³-hybridized carbons (Fsp3) is 0.0909. The maximum absolute atomic E-state index is 12.9. The number of amides is 2. The smallest absolute Gasteiger partial charge is 0.272 e. The highest BCUT2D eigenvalue weighted by Crippen LogP contribution is 2.20. The molecule has 0 radical (unpaired) electrons. The summed E-state index contributed by atoms with van der Waals surface area (Å²) < 4.78 is 0. The summed E-state index contributed by atoms with van der Waals surface area (Å²) in [5.74, 6) is -0.678. The number of benzene rings is 2. The summed E-state index contributed by atoms with van der Waals surface area (Å²) in [6, 6.07) is 18.7. The lowest BCUT2D eigenvalue weighted by Crippen LogP contribution is -2.31. The van der Waals surface area contributed by atoms with E-state index in [0.717, 1.165) is 15.3 Å². The Bertz CT molecular complexity index is 1010. The average molecular weight is 409 g/mol. The molecule has 3 rings (SSSR count). The second kappa shape index (κ2) is 9.39. The maximum Gasteiger partial charge on any atom is 0.272 e. The predicted octanol–water partition coefficient (Wildman–Crippen LogP) is 5.19. The van der Waals surface area contributed by atoms with E-state index in [2.05, 4.69) is 10.6 Å². The molecule has 0 bridgehead atoms. The van der Waals surface area contributed by atoms with E-state index in [-0.39, 0.29) is 17.5 Å². The van der Waals surface area contributed by atoms with Gasteiger partial charge < -0.3 is 10.6 Å². The molecule has 0 saturated heterocycles. The van der Waals surface area contributed by atoms with Gasteiger partial charge in [-0.05, 0) is 60.5 Å². The molecule has 0 aliphatic carbocycles. The molecule has 2 N–H and O–H groups in total. The van der Waals surface area contributed by atoms with Crippen molar-refractivity contribution in [2.75, 3.05) is 11.6 Å². The van der Waals surface area contributed by atoms with Crippen LogP contribution in [-0.4, -0.2) is 18.1 Å². The standard InChI is InChI=1S/C22H20N2O2S2/c1-15-7-3-4-11-19(15)21(25)24-20(14-18-10-6-12-28-18)22(26)23-16-8-5-9-17(13-16)27-2/h3-14H,1-2H3,(H,23,26)(H,24,25)/b20-14-. The van der Waals surface area contributed by atoms with E-state index in [9.17, 15) is 9.59 Å². The van der Waals surface area contributed by atoms with Crippen LogP contribution in [0.2, 0.25) is 0 Å². The lowest BCUT2D eigenvalue weighted by atomic mass is 10.1. The maximum atomic E-state index is 12.9. The number of carbonyl (C=O) groups excluding carboxylic acids is 2. The molecule has 1 aromatic heterocycles. The van der Waals surface area contributed by atoms with Crippen LogP contribution in [0.3, 0.4) is 0 Å². The zero-order valence-corrected chi connectivity index (χ0v) is 17.2. The third-order valence-corrected chi connectivity index (χ3v) is 5.58. The Balaban J connectivity index is 1.85. The third kappa shape index (κ3) is 5.12. The Morgan fingerprint density at radius 1 is 1.04 bits per heavy atom. The first kappa shape index (κ1) is 19.9. The lowest BCUT2D eigenvalue weighted by Gasteiger charge is -2.12. The number of nitrogens with one attached hydrogen (secondary N) is 2. The highest BCUT2D eigenvalue weighted by Gasteiger charge is 2.16. The van der Waals surface area contributed by atoms with Gasteiger partial charge in [0, 0.05) is 21.0 Å². The lowest BCUT2D eigenvalue weighted by molar-refractivity contribution is -0.113. The van der Waals surface area contributed by atoms with Crippen molar-refractivity contribution < 1.29 is 9.59 Å².